The molecule has 1 aliphatic heterocycles. The Labute approximate surface area is 100 Å². The van der Waals surface area contributed by atoms with Gasteiger partial charge in [-0.25, -0.2) is 4.98 Å². The fraction of sp³-hybridized carbons (Fsp3) is 0.727. The van der Waals surface area contributed by atoms with Gasteiger partial charge in [0.1, 0.15) is 6.33 Å². The third-order valence-corrected chi connectivity index (χ3v) is 2.85. The van der Waals surface area contributed by atoms with Gasteiger partial charge in [-0.15, -0.1) is 0 Å². The van der Waals surface area contributed by atoms with E-state index in [0.717, 1.165) is 32.4 Å². The maximum atomic E-state index is 12.1. The van der Waals surface area contributed by atoms with E-state index < -0.39 is 0 Å². The van der Waals surface area contributed by atoms with E-state index in [-0.39, 0.29) is 12.0 Å². The van der Waals surface area contributed by atoms with E-state index in [4.69, 9.17) is 4.74 Å². The van der Waals surface area contributed by atoms with Crippen molar-refractivity contribution in [2.75, 3.05) is 19.7 Å². The Balaban J connectivity index is 1.98. The fourth-order valence-electron chi connectivity index (χ4n) is 2.04. The molecule has 1 aliphatic rings. The maximum absolute atomic E-state index is 12.1. The van der Waals surface area contributed by atoms with E-state index in [1.165, 1.54) is 6.33 Å². The minimum absolute atomic E-state index is 0.0974. The van der Waals surface area contributed by atoms with Gasteiger partial charge in [-0.2, -0.15) is 5.10 Å². The highest BCUT2D eigenvalue weighted by Crippen LogP contribution is 2.14. The molecule has 2 rings (SSSR count). The molecule has 1 saturated heterocycles. The molecule has 1 aromatic rings. The third kappa shape index (κ3) is 3.03. The second kappa shape index (κ2) is 5.77. The van der Waals surface area contributed by atoms with E-state index in [0.29, 0.717) is 12.4 Å². The zero-order chi connectivity index (χ0) is 12.1. The summed E-state index contributed by atoms with van der Waals surface area (Å²) in [5.74, 6) is 0.205. The van der Waals surface area contributed by atoms with Gasteiger partial charge in [-0.3, -0.25) is 9.89 Å². The molecule has 1 fully saturated rings. The number of amides is 1. The quantitative estimate of drug-likeness (QED) is 0.825. The predicted molar refractivity (Wildman–Crippen MR) is 61.6 cm³/mol. The molecule has 1 aromatic heterocycles. The number of ether oxygens (including phenoxy) is 1. The highest BCUT2D eigenvalue weighted by molar-refractivity contribution is 5.90. The monoisotopic (exact) mass is 238 g/mol. The van der Waals surface area contributed by atoms with Crippen molar-refractivity contribution in [1.29, 1.82) is 0 Å². The molecule has 6 heteroatoms. The lowest BCUT2D eigenvalue weighted by Crippen LogP contribution is -2.38. The molecule has 0 radical (unpaired) electrons. The van der Waals surface area contributed by atoms with Gasteiger partial charge in [0, 0.05) is 19.7 Å². The SMILES string of the molecule is CCCN(C[C@@H]1CCCO1)C(=O)c1ncn[nH]1. The number of aromatic amines is 1. The summed E-state index contributed by atoms with van der Waals surface area (Å²) >= 11 is 0. The van der Waals surface area contributed by atoms with Crippen LogP contribution in [0.4, 0.5) is 0 Å². The Morgan fingerprint density at radius 2 is 2.59 bits per heavy atom. The Morgan fingerprint density at radius 3 is 3.18 bits per heavy atom. The number of nitrogens with zero attached hydrogens (tertiary/aromatic N) is 3. The van der Waals surface area contributed by atoms with Crippen LogP contribution in [0.2, 0.25) is 0 Å². The molecule has 17 heavy (non-hydrogen) atoms. The van der Waals surface area contributed by atoms with Gasteiger partial charge in [0.25, 0.3) is 5.91 Å². The summed E-state index contributed by atoms with van der Waals surface area (Å²) in [6, 6.07) is 0. The lowest BCUT2D eigenvalue weighted by Gasteiger charge is -2.23. The molecule has 0 unspecified atom stereocenters. The first-order chi connectivity index (χ1) is 8.31. The smallest absolute Gasteiger partial charge is 0.291 e. The highest BCUT2D eigenvalue weighted by Gasteiger charge is 2.24. The van der Waals surface area contributed by atoms with Crippen LogP contribution in [0.3, 0.4) is 0 Å². The third-order valence-electron chi connectivity index (χ3n) is 2.85. The number of hydrogen-bond donors (Lipinski definition) is 1. The van der Waals surface area contributed by atoms with Crippen LogP contribution >= 0.6 is 0 Å². The van der Waals surface area contributed by atoms with Gasteiger partial charge < -0.3 is 9.64 Å². The average molecular weight is 238 g/mol. The van der Waals surface area contributed by atoms with Gasteiger partial charge >= 0.3 is 0 Å². The first kappa shape index (κ1) is 12.0. The summed E-state index contributed by atoms with van der Waals surface area (Å²) in [7, 11) is 0. The number of aromatic nitrogens is 3. The van der Waals surface area contributed by atoms with Gasteiger partial charge in [0.05, 0.1) is 6.10 Å². The minimum Gasteiger partial charge on any atom is -0.376 e. The van der Waals surface area contributed by atoms with E-state index >= 15 is 0 Å². The number of carbonyl (C=O) groups is 1. The van der Waals surface area contributed by atoms with E-state index in [9.17, 15) is 4.79 Å². The van der Waals surface area contributed by atoms with Crippen molar-refractivity contribution in [3.05, 3.63) is 12.2 Å². The molecule has 1 N–H and O–H groups in total. The van der Waals surface area contributed by atoms with Gasteiger partial charge in [0.2, 0.25) is 5.82 Å². The van der Waals surface area contributed by atoms with Crippen molar-refractivity contribution < 1.29 is 9.53 Å². The van der Waals surface area contributed by atoms with Gasteiger partial charge in [-0.05, 0) is 19.3 Å². The predicted octanol–water partition coefficient (Wildman–Crippen LogP) is 0.836. The molecule has 1 amide bonds. The van der Waals surface area contributed by atoms with Crippen molar-refractivity contribution in [2.24, 2.45) is 0 Å². The Kier molecular flexibility index (Phi) is 4.08. The molecule has 1 atom stereocenters. The van der Waals surface area contributed by atoms with Crippen LogP contribution in [0.5, 0.6) is 0 Å². The zero-order valence-corrected chi connectivity index (χ0v) is 10.1. The molecular weight excluding hydrogens is 220 g/mol. The second-order valence-electron chi connectivity index (χ2n) is 4.22. The van der Waals surface area contributed by atoms with Crippen LogP contribution in [0.25, 0.3) is 0 Å². The van der Waals surface area contributed by atoms with E-state index in [1.54, 1.807) is 4.90 Å². The van der Waals surface area contributed by atoms with Gasteiger partial charge in [0.15, 0.2) is 0 Å². The second-order valence-corrected chi connectivity index (χ2v) is 4.22. The molecule has 94 valence electrons. The standard InChI is InChI=1S/C11H18N4O2/c1-2-5-15(7-9-4-3-6-17-9)11(16)10-12-8-13-14-10/h8-9H,2-7H2,1H3,(H,12,13,14)/t9-/m0/s1. The molecule has 0 aliphatic carbocycles. The van der Waals surface area contributed by atoms with Crippen LogP contribution in [-0.4, -0.2) is 51.8 Å². The molecule has 2 heterocycles. The van der Waals surface area contributed by atoms with Crippen LogP contribution in [-0.2, 0) is 4.74 Å². The summed E-state index contributed by atoms with van der Waals surface area (Å²) in [6.07, 6.45) is 4.56. The molecular formula is C11H18N4O2. The Morgan fingerprint density at radius 1 is 1.71 bits per heavy atom. The number of rotatable bonds is 5. The van der Waals surface area contributed by atoms with Crippen LogP contribution in [0.15, 0.2) is 6.33 Å². The summed E-state index contributed by atoms with van der Waals surface area (Å²) < 4.78 is 5.56. The normalized spacial score (nSPS) is 19.5. The van der Waals surface area contributed by atoms with Crippen molar-refractivity contribution in [2.45, 2.75) is 32.3 Å². The van der Waals surface area contributed by atoms with E-state index in [2.05, 4.69) is 22.1 Å². The van der Waals surface area contributed by atoms with Gasteiger partial charge in [-0.1, -0.05) is 6.92 Å². The lowest BCUT2D eigenvalue weighted by molar-refractivity contribution is 0.0517. The largest absolute Gasteiger partial charge is 0.376 e. The Bertz CT molecular complexity index is 346. The summed E-state index contributed by atoms with van der Waals surface area (Å²) in [5, 5.41) is 6.31. The number of nitrogens with one attached hydrogen (secondary N) is 1. The molecule has 0 spiro atoms. The number of hydrogen-bond acceptors (Lipinski definition) is 4. The summed E-state index contributed by atoms with van der Waals surface area (Å²) in [5.41, 5.74) is 0. The number of H-pyrrole nitrogens is 1. The van der Waals surface area contributed by atoms with Crippen molar-refractivity contribution in [1.82, 2.24) is 20.1 Å². The molecule has 0 saturated carbocycles. The van der Waals surface area contributed by atoms with Crippen LogP contribution in [0, 0.1) is 0 Å². The molecule has 0 bridgehead atoms. The lowest BCUT2D eigenvalue weighted by atomic mass is 10.2. The first-order valence-corrected chi connectivity index (χ1v) is 6.07. The topological polar surface area (TPSA) is 71.1 Å². The maximum Gasteiger partial charge on any atom is 0.291 e. The average Bonchev–Trinajstić information content (AvgIpc) is 3.00. The van der Waals surface area contributed by atoms with Crippen LogP contribution < -0.4 is 0 Å². The fourth-order valence-corrected chi connectivity index (χ4v) is 2.04. The highest BCUT2D eigenvalue weighted by atomic mass is 16.5. The van der Waals surface area contributed by atoms with Crippen molar-refractivity contribution in [3.8, 4) is 0 Å². The minimum atomic E-state index is -0.0974. The number of carbonyl (C=O) groups excluding carboxylic acids is 1. The first-order valence-electron chi connectivity index (χ1n) is 6.07. The summed E-state index contributed by atoms with van der Waals surface area (Å²) in [6.45, 7) is 4.23. The summed E-state index contributed by atoms with van der Waals surface area (Å²) in [4.78, 5) is 17.8. The van der Waals surface area contributed by atoms with Crippen molar-refractivity contribution in [3.63, 3.8) is 0 Å². The Hall–Kier alpha value is -1.43. The van der Waals surface area contributed by atoms with Crippen LogP contribution in [0.1, 0.15) is 36.8 Å². The molecule has 0 aromatic carbocycles. The van der Waals surface area contributed by atoms with E-state index in [1.807, 2.05) is 0 Å². The molecule has 6 nitrogen and oxygen atoms in total. The van der Waals surface area contributed by atoms with Crippen molar-refractivity contribution >= 4 is 5.91 Å². The zero-order valence-electron chi connectivity index (χ0n) is 10.1.